The van der Waals surface area contributed by atoms with Gasteiger partial charge < -0.3 is 5.32 Å². The quantitative estimate of drug-likeness (QED) is 0.877. The van der Waals surface area contributed by atoms with Crippen LogP contribution in [0, 0.1) is 0 Å². The summed E-state index contributed by atoms with van der Waals surface area (Å²) in [6.07, 6.45) is 0.823. The lowest BCUT2D eigenvalue weighted by Gasteiger charge is -2.21. The maximum absolute atomic E-state index is 12.6. The van der Waals surface area contributed by atoms with E-state index in [0.717, 1.165) is 30.6 Å². The summed E-state index contributed by atoms with van der Waals surface area (Å²) in [6, 6.07) is 12.5. The van der Waals surface area contributed by atoms with Crippen LogP contribution in [0.3, 0.4) is 0 Å². The van der Waals surface area contributed by atoms with Crippen LogP contribution in [0.25, 0.3) is 0 Å². The normalized spacial score (nSPS) is 14.5. The third-order valence-corrected chi connectivity index (χ3v) is 5.89. The lowest BCUT2D eigenvalue weighted by atomic mass is 9.99. The van der Waals surface area contributed by atoms with Crippen LogP contribution in [0.1, 0.15) is 11.1 Å². The molecule has 6 heteroatoms. The van der Waals surface area contributed by atoms with Gasteiger partial charge in [-0.25, -0.2) is 8.42 Å². The second-order valence-electron chi connectivity index (χ2n) is 4.91. The highest BCUT2D eigenvalue weighted by Gasteiger charge is 2.20. The maximum Gasteiger partial charge on any atom is 0.263 e. The van der Waals surface area contributed by atoms with Gasteiger partial charge in [0.05, 0.1) is 5.69 Å². The van der Waals surface area contributed by atoms with E-state index in [9.17, 15) is 8.42 Å². The Morgan fingerprint density at radius 2 is 1.90 bits per heavy atom. The molecule has 0 bridgehead atoms. The second-order valence-corrected chi connectivity index (χ2v) is 7.41. The lowest BCUT2D eigenvalue weighted by Crippen LogP contribution is -2.25. The van der Waals surface area contributed by atoms with Gasteiger partial charge in [-0.15, -0.1) is 0 Å². The molecule has 0 amide bonds. The Morgan fingerprint density at radius 3 is 2.71 bits per heavy atom. The zero-order valence-corrected chi connectivity index (χ0v) is 13.7. The molecule has 1 aliphatic heterocycles. The number of fused-ring (bicyclic) bond motifs is 1. The van der Waals surface area contributed by atoms with E-state index >= 15 is 0 Å². The monoisotopic (exact) mass is 366 g/mol. The summed E-state index contributed by atoms with van der Waals surface area (Å²) in [4.78, 5) is 0.247. The fraction of sp³-hybridized carbons (Fsp3) is 0.200. The van der Waals surface area contributed by atoms with Gasteiger partial charge in [-0.3, -0.25) is 4.72 Å². The van der Waals surface area contributed by atoms with Crippen LogP contribution in [-0.2, 0) is 23.0 Å². The Balaban J connectivity index is 1.99. The van der Waals surface area contributed by atoms with Crippen molar-refractivity contribution in [3.8, 4) is 0 Å². The number of nitrogens with one attached hydrogen (secondary N) is 2. The predicted octanol–water partition coefficient (Wildman–Crippen LogP) is 2.90. The van der Waals surface area contributed by atoms with Crippen molar-refractivity contribution in [3.05, 3.63) is 58.1 Å². The molecule has 0 atom stereocenters. The minimum atomic E-state index is -3.59. The number of benzene rings is 2. The minimum absolute atomic E-state index is 0.247. The molecule has 0 radical (unpaired) electrons. The van der Waals surface area contributed by atoms with Crippen molar-refractivity contribution in [2.45, 2.75) is 17.9 Å². The first-order valence-electron chi connectivity index (χ1n) is 6.67. The third-order valence-electron chi connectivity index (χ3n) is 3.51. The van der Waals surface area contributed by atoms with Gasteiger partial charge in [0.25, 0.3) is 10.0 Å². The number of hydrogen-bond donors (Lipinski definition) is 2. The van der Waals surface area contributed by atoms with Crippen molar-refractivity contribution >= 4 is 31.6 Å². The Bertz CT molecular complexity index is 775. The van der Waals surface area contributed by atoms with E-state index < -0.39 is 10.0 Å². The number of halogens is 1. The SMILES string of the molecule is O=S(=O)(Nc1cccc2c1CCNC2)c1ccccc1Br. The molecule has 2 aromatic carbocycles. The zero-order valence-electron chi connectivity index (χ0n) is 11.3. The van der Waals surface area contributed by atoms with Gasteiger partial charge >= 0.3 is 0 Å². The molecule has 2 aromatic rings. The maximum atomic E-state index is 12.6. The molecular weight excluding hydrogens is 352 g/mol. The molecule has 110 valence electrons. The van der Waals surface area contributed by atoms with Gasteiger partial charge in [0.2, 0.25) is 0 Å². The van der Waals surface area contributed by atoms with Crippen LogP contribution in [0.15, 0.2) is 51.8 Å². The molecule has 0 aromatic heterocycles. The summed E-state index contributed by atoms with van der Waals surface area (Å²) in [5, 5.41) is 3.29. The van der Waals surface area contributed by atoms with Crippen LogP contribution >= 0.6 is 15.9 Å². The van der Waals surface area contributed by atoms with Gasteiger partial charge in [0, 0.05) is 11.0 Å². The molecule has 4 nitrogen and oxygen atoms in total. The predicted molar refractivity (Wildman–Crippen MR) is 86.8 cm³/mol. The molecule has 0 aliphatic carbocycles. The summed E-state index contributed by atoms with van der Waals surface area (Å²) in [5.74, 6) is 0. The van der Waals surface area contributed by atoms with E-state index in [-0.39, 0.29) is 4.90 Å². The molecule has 1 heterocycles. The van der Waals surface area contributed by atoms with Gasteiger partial charge in [0.1, 0.15) is 4.90 Å². The van der Waals surface area contributed by atoms with Crippen LogP contribution < -0.4 is 10.0 Å². The Kier molecular flexibility index (Phi) is 4.01. The van der Waals surface area contributed by atoms with E-state index in [2.05, 4.69) is 26.0 Å². The van der Waals surface area contributed by atoms with Gasteiger partial charge in [-0.1, -0.05) is 24.3 Å². The number of anilines is 1. The molecule has 0 saturated heterocycles. The zero-order chi connectivity index (χ0) is 14.9. The summed E-state index contributed by atoms with van der Waals surface area (Å²) >= 11 is 3.29. The Labute approximate surface area is 132 Å². The average Bonchev–Trinajstić information content (AvgIpc) is 2.47. The first-order chi connectivity index (χ1) is 10.1. The summed E-state index contributed by atoms with van der Waals surface area (Å²) in [5.41, 5.74) is 2.89. The molecule has 0 spiro atoms. The fourth-order valence-corrected chi connectivity index (χ4v) is 4.59. The van der Waals surface area contributed by atoms with E-state index in [4.69, 9.17) is 0 Å². The standard InChI is InChI=1S/C15H15BrN2O2S/c16-13-5-1-2-7-15(13)21(19,20)18-14-6-3-4-11-10-17-9-8-12(11)14/h1-7,17-18H,8-10H2. The van der Waals surface area contributed by atoms with Crippen molar-refractivity contribution < 1.29 is 8.42 Å². The van der Waals surface area contributed by atoms with E-state index in [1.165, 1.54) is 0 Å². The van der Waals surface area contributed by atoms with E-state index in [0.29, 0.717) is 10.2 Å². The molecule has 0 saturated carbocycles. The van der Waals surface area contributed by atoms with Crippen molar-refractivity contribution in [2.75, 3.05) is 11.3 Å². The van der Waals surface area contributed by atoms with Crippen LogP contribution in [-0.4, -0.2) is 15.0 Å². The Hall–Kier alpha value is -1.37. The van der Waals surface area contributed by atoms with E-state index in [1.54, 1.807) is 24.3 Å². The van der Waals surface area contributed by atoms with Crippen LogP contribution in [0.5, 0.6) is 0 Å². The summed E-state index contributed by atoms with van der Waals surface area (Å²) in [6.45, 7) is 1.64. The highest BCUT2D eigenvalue weighted by molar-refractivity contribution is 9.10. The summed E-state index contributed by atoms with van der Waals surface area (Å²) in [7, 11) is -3.59. The number of sulfonamides is 1. The van der Waals surface area contributed by atoms with Crippen molar-refractivity contribution in [1.29, 1.82) is 0 Å². The Morgan fingerprint density at radius 1 is 1.10 bits per heavy atom. The van der Waals surface area contributed by atoms with Crippen molar-refractivity contribution in [3.63, 3.8) is 0 Å². The van der Waals surface area contributed by atoms with E-state index in [1.807, 2.05) is 18.2 Å². The molecule has 21 heavy (non-hydrogen) atoms. The first-order valence-corrected chi connectivity index (χ1v) is 8.94. The molecule has 1 aliphatic rings. The van der Waals surface area contributed by atoms with Crippen molar-refractivity contribution in [1.82, 2.24) is 5.32 Å². The second kappa shape index (κ2) is 5.79. The number of hydrogen-bond acceptors (Lipinski definition) is 3. The first kappa shape index (κ1) is 14.6. The third kappa shape index (κ3) is 2.97. The molecule has 0 fully saturated rings. The lowest BCUT2D eigenvalue weighted by molar-refractivity contribution is 0.600. The molecule has 0 unspecified atom stereocenters. The van der Waals surface area contributed by atoms with Crippen molar-refractivity contribution in [2.24, 2.45) is 0 Å². The van der Waals surface area contributed by atoms with Gasteiger partial charge in [-0.2, -0.15) is 0 Å². The summed E-state index contributed by atoms with van der Waals surface area (Å²) < 4.78 is 28.4. The topological polar surface area (TPSA) is 58.2 Å². The van der Waals surface area contributed by atoms with Crippen LogP contribution in [0.4, 0.5) is 5.69 Å². The van der Waals surface area contributed by atoms with Crippen LogP contribution in [0.2, 0.25) is 0 Å². The molecule has 3 rings (SSSR count). The number of rotatable bonds is 3. The smallest absolute Gasteiger partial charge is 0.263 e. The largest absolute Gasteiger partial charge is 0.312 e. The highest BCUT2D eigenvalue weighted by Crippen LogP contribution is 2.28. The fourth-order valence-electron chi connectivity index (χ4n) is 2.49. The van der Waals surface area contributed by atoms with Gasteiger partial charge in [0.15, 0.2) is 0 Å². The average molecular weight is 367 g/mol. The minimum Gasteiger partial charge on any atom is -0.312 e. The van der Waals surface area contributed by atoms with Gasteiger partial charge in [-0.05, 0) is 58.2 Å². The molecular formula is C15H15BrN2O2S. The molecule has 2 N–H and O–H groups in total. The highest BCUT2D eigenvalue weighted by atomic mass is 79.9.